The maximum absolute atomic E-state index is 7.05. The van der Waals surface area contributed by atoms with Gasteiger partial charge in [-0.1, -0.05) is 121 Å². The molecule has 0 amide bonds. The highest BCUT2D eigenvalue weighted by Crippen LogP contribution is 2.51. The molecule has 0 N–H and O–H groups in total. The van der Waals surface area contributed by atoms with Gasteiger partial charge in [0.05, 0.1) is 5.39 Å². The third-order valence-corrected chi connectivity index (χ3v) is 11.2. The van der Waals surface area contributed by atoms with Crippen LogP contribution < -0.4 is 0 Å². The van der Waals surface area contributed by atoms with Gasteiger partial charge in [0.15, 0.2) is 0 Å². The Kier molecular flexibility index (Phi) is 5.57. The average Bonchev–Trinajstić information content (AvgIpc) is 3.85. The van der Waals surface area contributed by atoms with Crippen molar-refractivity contribution in [2.45, 2.75) is 0 Å². The molecule has 0 saturated heterocycles. The quantitative estimate of drug-likeness (QED) is 0.179. The molecule has 8 aromatic carbocycles. The zero-order chi connectivity index (χ0) is 32.1. The van der Waals surface area contributed by atoms with E-state index in [1.807, 2.05) is 23.5 Å². The Morgan fingerprint density at radius 2 is 0.959 bits per heavy atom. The second kappa shape index (κ2) is 10.2. The Labute approximate surface area is 285 Å². The molecule has 0 aliphatic rings. The van der Waals surface area contributed by atoms with Crippen LogP contribution in [0.2, 0.25) is 0 Å². The minimum Gasteiger partial charge on any atom is -0.456 e. The first-order valence-corrected chi connectivity index (χ1v) is 17.4. The van der Waals surface area contributed by atoms with Gasteiger partial charge in [-0.15, -0.1) is 11.3 Å². The zero-order valence-electron chi connectivity index (χ0n) is 26.2. The number of hydrogen-bond donors (Lipinski definition) is 0. The summed E-state index contributed by atoms with van der Waals surface area (Å²) in [4.78, 5) is 0. The highest BCUT2D eigenvalue weighted by molar-refractivity contribution is 7.25. The highest BCUT2D eigenvalue weighted by atomic mass is 32.1. The molecule has 0 unspecified atom stereocenters. The lowest BCUT2D eigenvalue weighted by atomic mass is 9.84. The molecule has 0 atom stereocenters. The van der Waals surface area contributed by atoms with Crippen molar-refractivity contribution in [3.05, 3.63) is 158 Å². The van der Waals surface area contributed by atoms with E-state index in [-0.39, 0.29) is 0 Å². The van der Waals surface area contributed by atoms with E-state index < -0.39 is 0 Å². The van der Waals surface area contributed by atoms with Crippen LogP contribution in [0.1, 0.15) is 0 Å². The molecule has 0 radical (unpaired) electrons. The van der Waals surface area contributed by atoms with E-state index in [1.165, 1.54) is 58.4 Å². The van der Waals surface area contributed by atoms with Crippen molar-refractivity contribution in [2.24, 2.45) is 0 Å². The zero-order valence-corrected chi connectivity index (χ0v) is 27.1. The van der Waals surface area contributed by atoms with Crippen LogP contribution >= 0.6 is 11.3 Å². The van der Waals surface area contributed by atoms with Crippen LogP contribution in [-0.4, -0.2) is 0 Å². The molecule has 228 valence electrons. The number of thiophene rings is 1. The second-order valence-corrected chi connectivity index (χ2v) is 13.8. The summed E-state index contributed by atoms with van der Waals surface area (Å²) in [5.74, 6) is 0.864. The van der Waals surface area contributed by atoms with Crippen LogP contribution in [0.25, 0.3) is 108 Å². The summed E-state index contributed by atoms with van der Waals surface area (Å²) in [6.45, 7) is 0. The van der Waals surface area contributed by atoms with Crippen LogP contribution in [0.15, 0.2) is 167 Å². The van der Waals surface area contributed by atoms with Crippen molar-refractivity contribution >= 4 is 86.0 Å². The van der Waals surface area contributed by atoms with E-state index >= 15 is 0 Å². The summed E-state index contributed by atoms with van der Waals surface area (Å²) in [5, 5.41) is 10.6. The highest BCUT2D eigenvalue weighted by Gasteiger charge is 2.26. The molecule has 11 aromatic rings. The van der Waals surface area contributed by atoms with E-state index in [9.17, 15) is 0 Å². The van der Waals surface area contributed by atoms with Crippen LogP contribution in [-0.2, 0) is 0 Å². The Bertz CT molecular complexity index is 3050. The second-order valence-electron chi connectivity index (χ2n) is 12.7. The number of hydrogen-bond acceptors (Lipinski definition) is 3. The van der Waals surface area contributed by atoms with Gasteiger partial charge in [0, 0.05) is 47.6 Å². The molecular weight excluding hydrogens is 617 g/mol. The first-order valence-electron chi connectivity index (χ1n) is 16.6. The van der Waals surface area contributed by atoms with Crippen LogP contribution in [0.4, 0.5) is 0 Å². The lowest BCUT2D eigenvalue weighted by Crippen LogP contribution is -1.91. The number of rotatable bonds is 3. The number of para-hydroxylation sites is 1. The average molecular weight is 643 g/mol. The minimum atomic E-state index is 0.829. The maximum atomic E-state index is 7.05. The standard InChI is InChI=1S/C46H26O2S/c1-2-12-27(13-3-1)45-44(35-23-24-38-43(46(35)48-45)34-19-8-10-20-37(34)47-38)42-32-17-6-4-15-30(32)41(31-16-5-7-18-33(31)42)28-22-25-40-36(26-28)29-14-9-11-21-39(29)49-40/h1-26H. The van der Waals surface area contributed by atoms with E-state index in [1.54, 1.807) is 0 Å². The van der Waals surface area contributed by atoms with Gasteiger partial charge in [-0.25, -0.2) is 0 Å². The third kappa shape index (κ3) is 3.82. The van der Waals surface area contributed by atoms with E-state index in [0.29, 0.717) is 0 Å². The minimum absolute atomic E-state index is 0.829. The first-order chi connectivity index (χ1) is 24.3. The molecule has 0 fully saturated rings. The third-order valence-electron chi connectivity index (χ3n) is 10.1. The summed E-state index contributed by atoms with van der Waals surface area (Å²) < 4.78 is 16.0. The van der Waals surface area contributed by atoms with Crippen LogP contribution in [0, 0.1) is 0 Å². The van der Waals surface area contributed by atoms with Gasteiger partial charge >= 0.3 is 0 Å². The normalized spacial score (nSPS) is 12.1. The smallest absolute Gasteiger partial charge is 0.147 e. The molecule has 0 bridgehead atoms. The molecular formula is C46H26O2S. The van der Waals surface area contributed by atoms with Gasteiger partial charge in [0.2, 0.25) is 0 Å². The van der Waals surface area contributed by atoms with Gasteiger partial charge in [-0.2, -0.15) is 0 Å². The molecule has 0 saturated carbocycles. The summed E-state index contributed by atoms with van der Waals surface area (Å²) in [7, 11) is 0. The topological polar surface area (TPSA) is 26.3 Å². The largest absolute Gasteiger partial charge is 0.456 e. The fraction of sp³-hybridized carbons (Fsp3) is 0. The molecule has 2 nitrogen and oxygen atoms in total. The summed E-state index contributed by atoms with van der Waals surface area (Å²) >= 11 is 1.86. The number of fused-ring (bicyclic) bond motifs is 10. The number of furan rings is 2. The van der Waals surface area contributed by atoms with Crippen molar-refractivity contribution < 1.29 is 8.83 Å². The lowest BCUT2D eigenvalue weighted by Gasteiger charge is -2.18. The Balaban J connectivity index is 1.29. The predicted molar refractivity (Wildman–Crippen MR) is 208 cm³/mol. The molecule has 0 aliphatic carbocycles. The van der Waals surface area contributed by atoms with Crippen molar-refractivity contribution in [1.82, 2.24) is 0 Å². The summed E-state index contributed by atoms with van der Waals surface area (Å²) in [6.07, 6.45) is 0. The van der Waals surface area contributed by atoms with Gasteiger partial charge in [-0.3, -0.25) is 0 Å². The van der Waals surface area contributed by atoms with E-state index in [4.69, 9.17) is 8.83 Å². The van der Waals surface area contributed by atoms with Crippen molar-refractivity contribution in [1.29, 1.82) is 0 Å². The first kappa shape index (κ1) is 26.9. The molecule has 3 aromatic heterocycles. The Hall–Kier alpha value is -6.16. The maximum Gasteiger partial charge on any atom is 0.147 e. The van der Waals surface area contributed by atoms with Gasteiger partial charge < -0.3 is 8.83 Å². The van der Waals surface area contributed by atoms with E-state index in [2.05, 4.69) is 146 Å². The molecule has 0 aliphatic heterocycles. The van der Waals surface area contributed by atoms with Gasteiger partial charge in [-0.05, 0) is 69.1 Å². The van der Waals surface area contributed by atoms with Crippen molar-refractivity contribution in [3.63, 3.8) is 0 Å². The van der Waals surface area contributed by atoms with Gasteiger partial charge in [0.25, 0.3) is 0 Å². The predicted octanol–water partition coefficient (Wildman–Crippen LogP) is 14.0. The molecule has 0 spiro atoms. The lowest BCUT2D eigenvalue weighted by molar-refractivity contribution is 0.634. The van der Waals surface area contributed by atoms with Crippen LogP contribution in [0.5, 0.6) is 0 Å². The van der Waals surface area contributed by atoms with E-state index in [0.717, 1.165) is 49.8 Å². The summed E-state index contributed by atoms with van der Waals surface area (Å²) in [6, 6.07) is 56.5. The SMILES string of the molecule is c1ccc(-c2oc3c(ccc4oc5ccccc5c43)c2-c2c3ccccc3c(-c3ccc4sc5ccccc5c4c3)c3ccccc23)cc1. The molecule has 3 heterocycles. The van der Waals surface area contributed by atoms with Gasteiger partial charge in [0.1, 0.15) is 22.5 Å². The van der Waals surface area contributed by atoms with Crippen molar-refractivity contribution in [3.8, 4) is 33.6 Å². The monoisotopic (exact) mass is 642 g/mol. The molecule has 49 heavy (non-hydrogen) atoms. The Morgan fingerprint density at radius 1 is 0.347 bits per heavy atom. The summed E-state index contributed by atoms with van der Waals surface area (Å²) in [5.41, 5.74) is 8.35. The molecule has 11 rings (SSSR count). The molecule has 3 heteroatoms. The fourth-order valence-electron chi connectivity index (χ4n) is 7.99. The van der Waals surface area contributed by atoms with Crippen molar-refractivity contribution in [2.75, 3.05) is 0 Å². The van der Waals surface area contributed by atoms with Crippen LogP contribution in [0.3, 0.4) is 0 Å². The fourth-order valence-corrected chi connectivity index (χ4v) is 9.08. The number of benzene rings is 8. The Morgan fingerprint density at radius 3 is 1.71 bits per heavy atom.